The molecule has 112 valence electrons. The van der Waals surface area contributed by atoms with Gasteiger partial charge in [-0.2, -0.15) is 0 Å². The highest BCUT2D eigenvalue weighted by Crippen LogP contribution is 2.34. The predicted octanol–water partition coefficient (Wildman–Crippen LogP) is 3.38. The third-order valence-electron chi connectivity index (χ3n) is 3.25. The number of para-hydroxylation sites is 1. The molecule has 2 rings (SSSR count). The molecule has 0 aliphatic rings. The van der Waals surface area contributed by atoms with Crippen LogP contribution in [0.15, 0.2) is 42.5 Å². The average molecular weight is 314 g/mol. The van der Waals surface area contributed by atoms with E-state index in [-0.39, 0.29) is 10.7 Å². The normalized spacial score (nSPS) is 10.8. The molecule has 0 atom stereocenters. The molecule has 0 unspecified atom stereocenters. The lowest BCUT2D eigenvalue weighted by atomic mass is 10.0. The van der Waals surface area contributed by atoms with E-state index in [9.17, 15) is 4.79 Å². The number of hydrogen-bond donors (Lipinski definition) is 1. The maximum absolute atomic E-state index is 11.7. The van der Waals surface area contributed by atoms with E-state index in [2.05, 4.69) is 10.9 Å². The molecule has 0 saturated heterocycles. The largest absolute Gasteiger partial charge is 0.365 e. The molecular weight excluding hydrogens is 298 g/mol. The van der Waals surface area contributed by atoms with E-state index in [0.717, 1.165) is 5.69 Å². The number of nitrogens with two attached hydrogens (primary N) is 1. The van der Waals surface area contributed by atoms with Gasteiger partial charge in [-0.05, 0) is 38.1 Å². The molecule has 1 heterocycles. The van der Waals surface area contributed by atoms with Crippen LogP contribution >= 0.6 is 11.6 Å². The van der Waals surface area contributed by atoms with Crippen LogP contribution in [0.4, 0.5) is 11.5 Å². The Morgan fingerprint density at radius 3 is 2.45 bits per heavy atom. The number of carbonyl (C=O) groups is 1. The number of primary amides is 1. The van der Waals surface area contributed by atoms with Crippen LogP contribution in [0.5, 0.6) is 0 Å². The Labute approximate surface area is 134 Å². The highest BCUT2D eigenvalue weighted by Gasteiger charge is 2.30. The second kappa shape index (κ2) is 6.08. The number of nitrogens with zero attached hydrogens (tertiary/aromatic N) is 2. The standard InChI is InChI=1S/C17H16ClN3O/c1-4-17(2,3)21(12-8-6-5-7-9-12)16-13(15(19)22)10-11-14(18)20-16/h1,5-11H,2-3H3,(H2,19,22). The summed E-state index contributed by atoms with van der Waals surface area (Å²) in [5.41, 5.74) is 5.79. The molecule has 1 amide bonds. The van der Waals surface area contributed by atoms with Crippen LogP contribution < -0.4 is 10.6 Å². The predicted molar refractivity (Wildman–Crippen MR) is 89.3 cm³/mol. The summed E-state index contributed by atoms with van der Waals surface area (Å²) < 4.78 is 0. The molecule has 1 aromatic heterocycles. The van der Waals surface area contributed by atoms with Crippen molar-refractivity contribution in [1.29, 1.82) is 0 Å². The monoisotopic (exact) mass is 313 g/mol. The molecule has 2 N–H and O–H groups in total. The Balaban J connectivity index is 2.74. The van der Waals surface area contributed by atoms with E-state index in [1.54, 1.807) is 11.0 Å². The van der Waals surface area contributed by atoms with Crippen LogP contribution in [0, 0.1) is 12.3 Å². The van der Waals surface area contributed by atoms with Crippen molar-refractivity contribution in [2.75, 3.05) is 4.90 Å². The lowest BCUT2D eigenvalue weighted by Crippen LogP contribution is -2.41. The molecule has 4 nitrogen and oxygen atoms in total. The maximum Gasteiger partial charge on any atom is 0.252 e. The third-order valence-corrected chi connectivity index (χ3v) is 3.46. The summed E-state index contributed by atoms with van der Waals surface area (Å²) >= 11 is 6.00. The van der Waals surface area contributed by atoms with Crippen molar-refractivity contribution in [3.05, 3.63) is 53.2 Å². The van der Waals surface area contributed by atoms with Crippen molar-refractivity contribution in [3.63, 3.8) is 0 Å². The highest BCUT2D eigenvalue weighted by molar-refractivity contribution is 6.29. The zero-order valence-electron chi connectivity index (χ0n) is 12.4. The van der Waals surface area contributed by atoms with E-state index in [0.29, 0.717) is 5.82 Å². The van der Waals surface area contributed by atoms with E-state index < -0.39 is 11.4 Å². The van der Waals surface area contributed by atoms with Gasteiger partial charge in [-0.3, -0.25) is 4.79 Å². The molecule has 0 aliphatic carbocycles. The van der Waals surface area contributed by atoms with Gasteiger partial charge in [0.1, 0.15) is 16.5 Å². The number of benzene rings is 1. The molecule has 2 aromatic rings. The Morgan fingerprint density at radius 1 is 1.27 bits per heavy atom. The van der Waals surface area contributed by atoms with Gasteiger partial charge in [0.25, 0.3) is 5.91 Å². The lowest BCUT2D eigenvalue weighted by molar-refractivity contribution is 0.100. The summed E-state index contributed by atoms with van der Waals surface area (Å²) in [4.78, 5) is 17.8. The molecule has 0 saturated carbocycles. The Kier molecular flexibility index (Phi) is 4.39. The molecule has 0 aliphatic heterocycles. The van der Waals surface area contributed by atoms with Crippen LogP contribution in [0.2, 0.25) is 5.15 Å². The average Bonchev–Trinajstić information content (AvgIpc) is 2.48. The Bertz CT molecular complexity index is 735. The number of aromatic nitrogens is 1. The number of terminal acetylenes is 1. The lowest BCUT2D eigenvalue weighted by Gasteiger charge is -2.36. The number of rotatable bonds is 4. The topological polar surface area (TPSA) is 59.2 Å². The SMILES string of the molecule is C#CC(C)(C)N(c1ccccc1)c1nc(Cl)ccc1C(N)=O. The summed E-state index contributed by atoms with van der Waals surface area (Å²) in [5.74, 6) is 2.47. The van der Waals surface area contributed by atoms with E-state index in [1.807, 2.05) is 44.2 Å². The van der Waals surface area contributed by atoms with Gasteiger partial charge in [-0.1, -0.05) is 35.7 Å². The minimum Gasteiger partial charge on any atom is -0.365 e. The fourth-order valence-corrected chi connectivity index (χ4v) is 2.28. The number of hydrogen-bond acceptors (Lipinski definition) is 3. The van der Waals surface area contributed by atoms with Gasteiger partial charge in [0.2, 0.25) is 0 Å². The highest BCUT2D eigenvalue weighted by atomic mass is 35.5. The molecule has 0 spiro atoms. The third kappa shape index (κ3) is 3.05. The van der Waals surface area contributed by atoms with Crippen LogP contribution in [-0.2, 0) is 0 Å². The molecular formula is C17H16ClN3O. The van der Waals surface area contributed by atoms with Gasteiger partial charge >= 0.3 is 0 Å². The minimum atomic E-state index is -0.733. The number of carbonyl (C=O) groups excluding carboxylic acids is 1. The Morgan fingerprint density at radius 2 is 1.91 bits per heavy atom. The van der Waals surface area contributed by atoms with Crippen molar-refractivity contribution in [2.45, 2.75) is 19.4 Å². The van der Waals surface area contributed by atoms with Gasteiger partial charge in [0.15, 0.2) is 0 Å². The van der Waals surface area contributed by atoms with Crippen molar-refractivity contribution in [1.82, 2.24) is 4.98 Å². The van der Waals surface area contributed by atoms with Crippen LogP contribution in [-0.4, -0.2) is 16.4 Å². The zero-order valence-corrected chi connectivity index (χ0v) is 13.1. The molecule has 0 radical (unpaired) electrons. The molecule has 0 bridgehead atoms. The summed E-state index contributed by atoms with van der Waals surface area (Å²) in [6.45, 7) is 3.71. The number of anilines is 2. The van der Waals surface area contributed by atoms with E-state index in [4.69, 9.17) is 23.8 Å². The quantitative estimate of drug-likeness (QED) is 0.695. The van der Waals surface area contributed by atoms with Gasteiger partial charge < -0.3 is 10.6 Å². The van der Waals surface area contributed by atoms with E-state index in [1.165, 1.54) is 6.07 Å². The first kappa shape index (κ1) is 15.9. The molecule has 22 heavy (non-hydrogen) atoms. The fraction of sp³-hybridized carbons (Fsp3) is 0.176. The first-order valence-corrected chi connectivity index (χ1v) is 7.04. The second-order valence-electron chi connectivity index (χ2n) is 5.24. The zero-order chi connectivity index (χ0) is 16.3. The summed E-state index contributed by atoms with van der Waals surface area (Å²) in [7, 11) is 0. The first-order valence-electron chi connectivity index (χ1n) is 6.66. The maximum atomic E-state index is 11.7. The number of halogens is 1. The van der Waals surface area contributed by atoms with Crippen LogP contribution in [0.3, 0.4) is 0 Å². The molecule has 1 aromatic carbocycles. The summed E-state index contributed by atoms with van der Waals surface area (Å²) in [6, 6.07) is 12.5. The minimum absolute atomic E-state index is 0.258. The number of pyridine rings is 1. The first-order chi connectivity index (χ1) is 10.4. The van der Waals surface area contributed by atoms with Crippen molar-refractivity contribution >= 4 is 29.0 Å². The van der Waals surface area contributed by atoms with Crippen molar-refractivity contribution in [3.8, 4) is 12.3 Å². The van der Waals surface area contributed by atoms with Crippen molar-refractivity contribution < 1.29 is 4.79 Å². The van der Waals surface area contributed by atoms with Crippen molar-refractivity contribution in [2.24, 2.45) is 5.73 Å². The van der Waals surface area contributed by atoms with Gasteiger partial charge in [0.05, 0.1) is 5.56 Å². The van der Waals surface area contributed by atoms with Crippen LogP contribution in [0.25, 0.3) is 0 Å². The van der Waals surface area contributed by atoms with Crippen LogP contribution in [0.1, 0.15) is 24.2 Å². The molecule has 0 fully saturated rings. The molecule has 5 heteroatoms. The van der Waals surface area contributed by atoms with Gasteiger partial charge in [-0.15, -0.1) is 6.42 Å². The van der Waals surface area contributed by atoms with Gasteiger partial charge in [-0.25, -0.2) is 4.98 Å². The fourth-order valence-electron chi connectivity index (χ4n) is 2.14. The van der Waals surface area contributed by atoms with Gasteiger partial charge in [0, 0.05) is 5.69 Å². The smallest absolute Gasteiger partial charge is 0.252 e. The van der Waals surface area contributed by atoms with E-state index >= 15 is 0 Å². The Hall–Kier alpha value is -2.51. The number of amides is 1. The second-order valence-corrected chi connectivity index (χ2v) is 5.63. The summed E-state index contributed by atoms with van der Waals surface area (Å²) in [6.07, 6.45) is 5.68. The summed E-state index contributed by atoms with van der Waals surface area (Å²) in [5, 5.41) is 0.258.